The van der Waals surface area contributed by atoms with Gasteiger partial charge in [-0.05, 0) is 57.8 Å². The van der Waals surface area contributed by atoms with E-state index in [0.717, 1.165) is 51.6 Å². The van der Waals surface area contributed by atoms with Crippen LogP contribution in [-0.2, 0) is 9.53 Å². The molecule has 4 nitrogen and oxygen atoms in total. The van der Waals surface area contributed by atoms with Crippen LogP contribution in [0.4, 0.5) is 0 Å². The first-order valence-corrected chi connectivity index (χ1v) is 7.76. The van der Waals surface area contributed by atoms with Crippen LogP contribution in [0.15, 0.2) is 0 Å². The fraction of sp³-hybridized carbons (Fsp3) is 0.933. The number of carbonyl (C=O) groups is 1. The van der Waals surface area contributed by atoms with E-state index in [9.17, 15) is 4.79 Å². The molecule has 0 aromatic heterocycles. The zero-order chi connectivity index (χ0) is 13.7. The molecule has 0 spiro atoms. The van der Waals surface area contributed by atoms with Crippen molar-refractivity contribution in [1.82, 2.24) is 4.90 Å². The Hall–Kier alpha value is -0.610. The van der Waals surface area contributed by atoms with Crippen LogP contribution in [0.25, 0.3) is 0 Å². The average Bonchev–Trinajstić information content (AvgIpc) is 2.48. The predicted molar refractivity (Wildman–Crippen MR) is 73.8 cm³/mol. The highest BCUT2D eigenvalue weighted by molar-refractivity contribution is 5.80. The molecule has 1 aliphatic heterocycles. The van der Waals surface area contributed by atoms with Crippen LogP contribution in [0.1, 0.15) is 51.9 Å². The fourth-order valence-corrected chi connectivity index (χ4v) is 3.17. The molecule has 2 rings (SSSR count). The molecule has 110 valence electrons. The smallest absolute Gasteiger partial charge is 0.251 e. The molecule has 2 aliphatic rings. The lowest BCUT2D eigenvalue weighted by Crippen LogP contribution is -2.43. The molecule has 1 atom stereocenters. The number of carbonyl (C=O) groups excluding carboxylic acids is 1. The van der Waals surface area contributed by atoms with Gasteiger partial charge in [-0.3, -0.25) is 4.79 Å². The zero-order valence-electron chi connectivity index (χ0n) is 12.0. The van der Waals surface area contributed by atoms with Crippen molar-refractivity contribution < 1.29 is 14.6 Å². The summed E-state index contributed by atoms with van der Waals surface area (Å²) in [5.74, 6) is 0.594. The highest BCUT2D eigenvalue weighted by Crippen LogP contribution is 2.26. The van der Waals surface area contributed by atoms with E-state index in [4.69, 9.17) is 9.84 Å². The SMILES string of the molecule is CC(OC1CCC(CO)CC1)C(=O)N1CCCCC1. The quantitative estimate of drug-likeness (QED) is 0.848. The van der Waals surface area contributed by atoms with Crippen LogP contribution >= 0.6 is 0 Å². The monoisotopic (exact) mass is 269 g/mol. The molecule has 0 aromatic carbocycles. The van der Waals surface area contributed by atoms with Gasteiger partial charge in [-0.1, -0.05) is 0 Å². The summed E-state index contributed by atoms with van der Waals surface area (Å²) in [7, 11) is 0. The molecule has 1 N–H and O–H groups in total. The van der Waals surface area contributed by atoms with E-state index < -0.39 is 0 Å². The number of aliphatic hydroxyl groups is 1. The van der Waals surface area contributed by atoms with Gasteiger partial charge in [-0.2, -0.15) is 0 Å². The van der Waals surface area contributed by atoms with E-state index in [1.807, 2.05) is 11.8 Å². The van der Waals surface area contributed by atoms with Gasteiger partial charge in [-0.15, -0.1) is 0 Å². The minimum atomic E-state index is -0.311. The van der Waals surface area contributed by atoms with E-state index in [-0.39, 0.29) is 24.7 Å². The maximum atomic E-state index is 12.3. The Kier molecular flexibility index (Phi) is 5.64. The molecule has 1 saturated heterocycles. The summed E-state index contributed by atoms with van der Waals surface area (Å²) >= 11 is 0. The largest absolute Gasteiger partial charge is 0.396 e. The van der Waals surface area contributed by atoms with Crippen molar-refractivity contribution in [2.24, 2.45) is 5.92 Å². The summed E-state index contributed by atoms with van der Waals surface area (Å²) in [5.41, 5.74) is 0. The Bertz CT molecular complexity index is 281. The van der Waals surface area contributed by atoms with Gasteiger partial charge in [-0.25, -0.2) is 0 Å². The zero-order valence-corrected chi connectivity index (χ0v) is 12.0. The molecule has 0 bridgehead atoms. The molecule has 1 amide bonds. The highest BCUT2D eigenvalue weighted by atomic mass is 16.5. The van der Waals surface area contributed by atoms with Crippen LogP contribution in [0.3, 0.4) is 0 Å². The number of ether oxygens (including phenoxy) is 1. The van der Waals surface area contributed by atoms with Crippen molar-refractivity contribution in [3.63, 3.8) is 0 Å². The Labute approximate surface area is 116 Å². The summed E-state index contributed by atoms with van der Waals surface area (Å²) in [6.07, 6.45) is 7.37. The second-order valence-corrected chi connectivity index (χ2v) is 5.99. The number of rotatable bonds is 4. The van der Waals surface area contributed by atoms with Crippen LogP contribution in [0, 0.1) is 5.92 Å². The third-order valence-corrected chi connectivity index (χ3v) is 4.46. The summed E-state index contributed by atoms with van der Waals surface area (Å²) in [4.78, 5) is 14.2. The van der Waals surface area contributed by atoms with Gasteiger partial charge in [0, 0.05) is 19.7 Å². The van der Waals surface area contributed by atoms with Crippen LogP contribution in [0.2, 0.25) is 0 Å². The summed E-state index contributed by atoms with van der Waals surface area (Å²) in [6.45, 7) is 3.96. The minimum Gasteiger partial charge on any atom is -0.396 e. The minimum absolute atomic E-state index is 0.156. The van der Waals surface area contributed by atoms with Gasteiger partial charge in [0.15, 0.2) is 0 Å². The molecular weight excluding hydrogens is 242 g/mol. The molecule has 1 heterocycles. The highest BCUT2D eigenvalue weighted by Gasteiger charge is 2.27. The lowest BCUT2D eigenvalue weighted by Gasteiger charge is -2.33. The number of hydrogen-bond acceptors (Lipinski definition) is 3. The molecule has 19 heavy (non-hydrogen) atoms. The maximum Gasteiger partial charge on any atom is 0.251 e. The summed E-state index contributed by atoms with van der Waals surface area (Å²) in [5, 5.41) is 9.12. The van der Waals surface area contributed by atoms with Crippen LogP contribution < -0.4 is 0 Å². The maximum absolute atomic E-state index is 12.3. The van der Waals surface area contributed by atoms with E-state index >= 15 is 0 Å². The number of aliphatic hydroxyl groups excluding tert-OH is 1. The fourth-order valence-electron chi connectivity index (χ4n) is 3.17. The molecule has 1 unspecified atom stereocenters. The predicted octanol–water partition coefficient (Wildman–Crippen LogP) is 1.96. The molecular formula is C15H27NO3. The molecule has 2 fully saturated rings. The topological polar surface area (TPSA) is 49.8 Å². The Balaban J connectivity index is 1.74. The van der Waals surface area contributed by atoms with Gasteiger partial charge in [0.2, 0.25) is 0 Å². The lowest BCUT2D eigenvalue weighted by atomic mass is 9.88. The van der Waals surface area contributed by atoms with Gasteiger partial charge in [0.1, 0.15) is 6.10 Å². The number of piperidine rings is 1. The molecule has 1 aliphatic carbocycles. The van der Waals surface area contributed by atoms with E-state index in [1.54, 1.807) is 0 Å². The average molecular weight is 269 g/mol. The van der Waals surface area contributed by atoms with E-state index in [1.165, 1.54) is 6.42 Å². The Morgan fingerprint density at radius 2 is 1.84 bits per heavy atom. The van der Waals surface area contributed by atoms with Gasteiger partial charge in [0.05, 0.1) is 6.10 Å². The number of likely N-dealkylation sites (tertiary alicyclic amines) is 1. The molecule has 0 aromatic rings. The molecule has 0 radical (unpaired) electrons. The van der Waals surface area contributed by atoms with Gasteiger partial charge >= 0.3 is 0 Å². The van der Waals surface area contributed by atoms with Crippen molar-refractivity contribution in [3.8, 4) is 0 Å². The molecule has 4 heteroatoms. The van der Waals surface area contributed by atoms with Crippen molar-refractivity contribution in [2.45, 2.75) is 64.1 Å². The van der Waals surface area contributed by atoms with Crippen molar-refractivity contribution in [1.29, 1.82) is 0 Å². The molecule has 1 saturated carbocycles. The second kappa shape index (κ2) is 7.25. The Morgan fingerprint density at radius 3 is 2.42 bits per heavy atom. The van der Waals surface area contributed by atoms with E-state index in [0.29, 0.717) is 5.92 Å². The normalized spacial score (nSPS) is 30.1. The standard InChI is InChI=1S/C15H27NO3/c1-12(15(18)16-9-3-2-4-10-16)19-14-7-5-13(11-17)6-8-14/h12-14,17H,2-11H2,1H3. The third kappa shape index (κ3) is 4.18. The first-order valence-electron chi connectivity index (χ1n) is 7.76. The summed E-state index contributed by atoms with van der Waals surface area (Å²) < 4.78 is 5.93. The first kappa shape index (κ1) is 14.8. The summed E-state index contributed by atoms with van der Waals surface area (Å²) in [6, 6.07) is 0. The van der Waals surface area contributed by atoms with Crippen LogP contribution in [0.5, 0.6) is 0 Å². The van der Waals surface area contributed by atoms with E-state index in [2.05, 4.69) is 0 Å². The number of hydrogen-bond donors (Lipinski definition) is 1. The van der Waals surface area contributed by atoms with Gasteiger partial charge < -0.3 is 14.7 Å². The van der Waals surface area contributed by atoms with Crippen molar-refractivity contribution in [2.75, 3.05) is 19.7 Å². The number of nitrogens with zero attached hydrogens (tertiary/aromatic N) is 1. The third-order valence-electron chi connectivity index (χ3n) is 4.46. The second-order valence-electron chi connectivity index (χ2n) is 5.99. The van der Waals surface area contributed by atoms with Gasteiger partial charge in [0.25, 0.3) is 5.91 Å². The van der Waals surface area contributed by atoms with Crippen molar-refractivity contribution >= 4 is 5.91 Å². The van der Waals surface area contributed by atoms with Crippen LogP contribution in [-0.4, -0.2) is 47.8 Å². The first-order chi connectivity index (χ1) is 9.20. The number of amides is 1. The Morgan fingerprint density at radius 1 is 1.21 bits per heavy atom. The lowest BCUT2D eigenvalue weighted by molar-refractivity contribution is -0.148. The van der Waals surface area contributed by atoms with Crippen molar-refractivity contribution in [3.05, 3.63) is 0 Å².